The second-order valence-electron chi connectivity index (χ2n) is 5.71. The molecule has 5 nitrogen and oxygen atoms in total. The lowest BCUT2D eigenvalue weighted by Crippen LogP contribution is -2.44. The summed E-state index contributed by atoms with van der Waals surface area (Å²) >= 11 is 0. The van der Waals surface area contributed by atoms with Gasteiger partial charge in [-0.2, -0.15) is 0 Å². The number of ether oxygens (including phenoxy) is 1. The van der Waals surface area contributed by atoms with Crippen molar-refractivity contribution < 1.29 is 9.53 Å². The molecule has 1 heterocycles. The quantitative estimate of drug-likeness (QED) is 0.838. The van der Waals surface area contributed by atoms with E-state index in [-0.39, 0.29) is 12.1 Å². The van der Waals surface area contributed by atoms with Crippen molar-refractivity contribution in [2.24, 2.45) is 5.73 Å². The lowest BCUT2D eigenvalue weighted by Gasteiger charge is -2.29. The molecule has 22 heavy (non-hydrogen) atoms. The first-order valence-electron chi connectivity index (χ1n) is 8.14. The Morgan fingerprint density at radius 3 is 2.86 bits per heavy atom. The molecule has 1 aromatic carbocycles. The molecular formula is C17H27N3O2. The average molecular weight is 305 g/mol. The number of hydrogen-bond acceptors (Lipinski definition) is 4. The van der Waals surface area contributed by atoms with E-state index >= 15 is 0 Å². The van der Waals surface area contributed by atoms with Crippen molar-refractivity contribution in [3.8, 4) is 0 Å². The van der Waals surface area contributed by atoms with Crippen molar-refractivity contribution in [2.45, 2.75) is 32.4 Å². The van der Waals surface area contributed by atoms with Crippen molar-refractivity contribution in [3.05, 3.63) is 35.9 Å². The molecule has 2 rings (SSSR count). The molecule has 1 amide bonds. The van der Waals surface area contributed by atoms with E-state index in [0.717, 1.165) is 44.6 Å². The van der Waals surface area contributed by atoms with Crippen molar-refractivity contribution >= 4 is 6.09 Å². The number of nitrogens with two attached hydrogens (primary N) is 1. The minimum atomic E-state index is -0.199. The minimum Gasteiger partial charge on any atom is -0.445 e. The smallest absolute Gasteiger partial charge is 0.410 e. The highest BCUT2D eigenvalue weighted by Gasteiger charge is 2.30. The van der Waals surface area contributed by atoms with Gasteiger partial charge in [-0.3, -0.25) is 0 Å². The number of rotatable bonds is 7. The van der Waals surface area contributed by atoms with Gasteiger partial charge in [0, 0.05) is 32.2 Å². The van der Waals surface area contributed by atoms with E-state index in [1.165, 1.54) is 0 Å². The van der Waals surface area contributed by atoms with Crippen molar-refractivity contribution in [1.29, 1.82) is 0 Å². The maximum Gasteiger partial charge on any atom is 0.410 e. The van der Waals surface area contributed by atoms with Crippen LogP contribution in [0.4, 0.5) is 4.79 Å². The number of likely N-dealkylation sites (tertiary alicyclic amines) is 1. The highest BCUT2D eigenvalue weighted by atomic mass is 16.6. The van der Waals surface area contributed by atoms with E-state index in [1.807, 2.05) is 35.2 Å². The van der Waals surface area contributed by atoms with Gasteiger partial charge in [-0.25, -0.2) is 4.79 Å². The molecule has 0 bridgehead atoms. The molecule has 5 heteroatoms. The fourth-order valence-electron chi connectivity index (χ4n) is 2.93. The number of carbonyl (C=O) groups is 1. The largest absolute Gasteiger partial charge is 0.445 e. The van der Waals surface area contributed by atoms with Gasteiger partial charge < -0.3 is 20.3 Å². The van der Waals surface area contributed by atoms with Crippen LogP contribution < -0.4 is 5.73 Å². The molecular weight excluding hydrogens is 278 g/mol. The highest BCUT2D eigenvalue weighted by Crippen LogP contribution is 2.19. The molecule has 1 aliphatic rings. The second-order valence-corrected chi connectivity index (χ2v) is 5.71. The molecule has 0 saturated carbocycles. The fourth-order valence-corrected chi connectivity index (χ4v) is 2.93. The third kappa shape index (κ3) is 4.71. The van der Waals surface area contributed by atoms with E-state index in [4.69, 9.17) is 10.5 Å². The number of carbonyl (C=O) groups excluding carboxylic acids is 1. The second kappa shape index (κ2) is 8.76. The Morgan fingerprint density at radius 2 is 2.18 bits per heavy atom. The van der Waals surface area contributed by atoms with Gasteiger partial charge in [0.05, 0.1) is 0 Å². The van der Waals surface area contributed by atoms with Crippen LogP contribution in [0, 0.1) is 0 Å². The normalized spacial score (nSPS) is 18.0. The Morgan fingerprint density at radius 1 is 1.41 bits per heavy atom. The molecule has 1 saturated heterocycles. The number of likely N-dealkylation sites (N-methyl/N-ethyl adjacent to an activating group) is 1. The number of nitrogens with zero attached hydrogens (tertiary/aromatic N) is 2. The Kier molecular flexibility index (Phi) is 6.68. The van der Waals surface area contributed by atoms with Gasteiger partial charge in [0.2, 0.25) is 0 Å². The zero-order valence-electron chi connectivity index (χ0n) is 13.4. The van der Waals surface area contributed by atoms with E-state index in [2.05, 4.69) is 11.8 Å². The van der Waals surface area contributed by atoms with Crippen molar-refractivity contribution in [3.63, 3.8) is 0 Å². The highest BCUT2D eigenvalue weighted by molar-refractivity contribution is 5.68. The lowest BCUT2D eigenvalue weighted by atomic mass is 10.2. The van der Waals surface area contributed by atoms with Crippen molar-refractivity contribution in [1.82, 2.24) is 9.80 Å². The summed E-state index contributed by atoms with van der Waals surface area (Å²) in [6.07, 6.45) is 1.89. The predicted molar refractivity (Wildman–Crippen MR) is 87.5 cm³/mol. The zero-order valence-corrected chi connectivity index (χ0v) is 13.4. The molecule has 1 fully saturated rings. The monoisotopic (exact) mass is 305 g/mol. The first-order chi connectivity index (χ1) is 10.7. The van der Waals surface area contributed by atoms with Crippen LogP contribution in [-0.4, -0.2) is 54.7 Å². The van der Waals surface area contributed by atoms with Crippen LogP contribution in [0.1, 0.15) is 25.3 Å². The summed E-state index contributed by atoms with van der Waals surface area (Å²) in [5.74, 6) is 0. The molecule has 1 aliphatic heterocycles. The van der Waals surface area contributed by atoms with Crippen LogP contribution in [0.2, 0.25) is 0 Å². The third-order valence-corrected chi connectivity index (χ3v) is 4.18. The molecule has 0 aromatic heterocycles. The topological polar surface area (TPSA) is 58.8 Å². The molecule has 122 valence electrons. The molecule has 0 spiro atoms. The molecule has 0 unspecified atom stereocenters. The Bertz CT molecular complexity index is 452. The van der Waals surface area contributed by atoms with E-state index in [9.17, 15) is 4.79 Å². The summed E-state index contributed by atoms with van der Waals surface area (Å²) in [4.78, 5) is 16.5. The Labute approximate surface area is 133 Å². The van der Waals surface area contributed by atoms with Crippen LogP contribution in [0.25, 0.3) is 0 Å². The average Bonchev–Trinajstić information content (AvgIpc) is 3.01. The van der Waals surface area contributed by atoms with Gasteiger partial charge in [0.1, 0.15) is 6.61 Å². The van der Waals surface area contributed by atoms with Gasteiger partial charge in [-0.15, -0.1) is 0 Å². The standard InChI is InChI=1S/C17H27N3O2/c1-2-19(12-10-18)13-16-9-6-11-20(16)17(21)22-14-15-7-4-3-5-8-15/h3-5,7-8,16H,2,6,9-14,18H2,1H3/t16-/m0/s1. The van der Waals surface area contributed by atoms with Crippen LogP contribution in [0.5, 0.6) is 0 Å². The minimum absolute atomic E-state index is 0.199. The third-order valence-electron chi connectivity index (χ3n) is 4.18. The molecule has 1 atom stereocenters. The molecule has 0 aliphatic carbocycles. The first-order valence-corrected chi connectivity index (χ1v) is 8.14. The SMILES string of the molecule is CCN(CCN)C[C@@H]1CCCN1C(=O)OCc1ccccc1. The number of amides is 1. The predicted octanol–water partition coefficient (Wildman–Crippen LogP) is 2.07. The lowest BCUT2D eigenvalue weighted by molar-refractivity contribution is 0.0846. The molecule has 1 aromatic rings. The molecule has 2 N–H and O–H groups in total. The molecule has 0 radical (unpaired) electrons. The van der Waals surface area contributed by atoms with Gasteiger partial charge in [-0.1, -0.05) is 37.3 Å². The van der Waals surface area contributed by atoms with Gasteiger partial charge in [0.25, 0.3) is 0 Å². The Hall–Kier alpha value is -1.59. The van der Waals surface area contributed by atoms with Gasteiger partial charge in [0.15, 0.2) is 0 Å². The van der Waals surface area contributed by atoms with Crippen LogP contribution in [0.15, 0.2) is 30.3 Å². The first kappa shape index (κ1) is 16.8. The summed E-state index contributed by atoms with van der Waals surface area (Å²) in [6.45, 7) is 6.62. The summed E-state index contributed by atoms with van der Waals surface area (Å²) in [5, 5.41) is 0. The van der Waals surface area contributed by atoms with Crippen LogP contribution in [-0.2, 0) is 11.3 Å². The zero-order chi connectivity index (χ0) is 15.8. The summed E-state index contributed by atoms with van der Waals surface area (Å²) < 4.78 is 5.46. The maximum atomic E-state index is 12.3. The number of benzene rings is 1. The van der Waals surface area contributed by atoms with Gasteiger partial charge >= 0.3 is 6.09 Å². The summed E-state index contributed by atoms with van der Waals surface area (Å²) in [7, 11) is 0. The van der Waals surface area contributed by atoms with Crippen LogP contribution >= 0.6 is 0 Å². The summed E-state index contributed by atoms with van der Waals surface area (Å²) in [5.41, 5.74) is 6.66. The fraction of sp³-hybridized carbons (Fsp3) is 0.588. The van der Waals surface area contributed by atoms with E-state index in [1.54, 1.807) is 0 Å². The maximum absolute atomic E-state index is 12.3. The van der Waals surface area contributed by atoms with Crippen molar-refractivity contribution in [2.75, 3.05) is 32.7 Å². The van der Waals surface area contributed by atoms with E-state index in [0.29, 0.717) is 13.2 Å². The van der Waals surface area contributed by atoms with Crippen LogP contribution in [0.3, 0.4) is 0 Å². The number of hydrogen-bond donors (Lipinski definition) is 1. The Balaban J connectivity index is 1.85. The van der Waals surface area contributed by atoms with E-state index < -0.39 is 0 Å². The summed E-state index contributed by atoms with van der Waals surface area (Å²) in [6, 6.07) is 10.0. The van der Waals surface area contributed by atoms with Gasteiger partial charge in [-0.05, 0) is 24.9 Å².